The van der Waals surface area contributed by atoms with Gasteiger partial charge in [-0.25, -0.2) is 0 Å². The molecule has 38 heavy (non-hydrogen) atoms. The molecule has 0 radical (unpaired) electrons. The zero-order valence-electron chi connectivity index (χ0n) is 26.6. The number of carbonyl (C=O) groups excluding carboxylic acids is 3. The SMILES string of the molecule is CC.CC.COC(=O)C12CCC3C(C(=O)CC4C3(C)CCC3C(C)(C)C(=O)CCC34C)C1CC(C)(C)CC2. The Bertz CT molecular complexity index is 917. The van der Waals surface area contributed by atoms with Gasteiger partial charge in [0.15, 0.2) is 0 Å². The summed E-state index contributed by atoms with van der Waals surface area (Å²) < 4.78 is 5.40. The predicted octanol–water partition coefficient (Wildman–Crippen LogP) is 8.45. The Morgan fingerprint density at radius 2 is 1.39 bits per heavy atom. The molecule has 8 unspecified atom stereocenters. The molecule has 5 saturated carbocycles. The van der Waals surface area contributed by atoms with Crippen molar-refractivity contribution < 1.29 is 19.1 Å². The maximum atomic E-state index is 14.2. The van der Waals surface area contributed by atoms with Gasteiger partial charge < -0.3 is 4.74 Å². The summed E-state index contributed by atoms with van der Waals surface area (Å²) in [5.41, 5.74) is -0.490. The minimum Gasteiger partial charge on any atom is -0.469 e. The standard InChI is InChI=1S/C30H46O4.2C2H6/c1-26(2)14-15-30(25(33)34-7)13-8-18-24(19(30)17-26)20(31)16-22-28(18,5)11-9-21-27(3,4)23(32)10-12-29(21,22)6;2*1-2/h18-19,21-22,24H,8-17H2,1-7H3;2*1-2H3. The molecule has 5 aliphatic carbocycles. The van der Waals surface area contributed by atoms with E-state index < -0.39 is 5.41 Å². The fourth-order valence-electron chi connectivity index (χ4n) is 10.7. The Hall–Kier alpha value is -1.19. The normalized spacial score (nSPS) is 44.3. The summed E-state index contributed by atoms with van der Waals surface area (Å²) in [7, 11) is 1.52. The van der Waals surface area contributed by atoms with E-state index in [2.05, 4.69) is 41.5 Å². The van der Waals surface area contributed by atoms with Crippen molar-refractivity contribution in [1.29, 1.82) is 0 Å². The lowest BCUT2D eigenvalue weighted by molar-refractivity contribution is -0.209. The lowest BCUT2D eigenvalue weighted by Gasteiger charge is -2.68. The number of fused-ring (bicyclic) bond motifs is 7. The van der Waals surface area contributed by atoms with E-state index in [4.69, 9.17) is 4.74 Å². The molecule has 0 bridgehead atoms. The number of carbonyl (C=O) groups is 3. The number of ketones is 2. The van der Waals surface area contributed by atoms with Crippen molar-refractivity contribution in [2.24, 2.45) is 56.7 Å². The third kappa shape index (κ3) is 4.43. The third-order valence-corrected chi connectivity index (χ3v) is 12.6. The molecule has 0 aliphatic heterocycles. The molecule has 4 heteroatoms. The molecule has 0 aromatic rings. The highest BCUT2D eigenvalue weighted by Gasteiger charge is 2.69. The van der Waals surface area contributed by atoms with Crippen LogP contribution in [0.1, 0.15) is 133 Å². The number of rotatable bonds is 1. The Kier molecular flexibility index (Phi) is 8.79. The number of hydrogen-bond acceptors (Lipinski definition) is 4. The van der Waals surface area contributed by atoms with E-state index in [1.54, 1.807) is 0 Å². The van der Waals surface area contributed by atoms with Crippen LogP contribution in [-0.4, -0.2) is 24.6 Å². The van der Waals surface area contributed by atoms with Crippen LogP contribution in [0, 0.1) is 56.7 Å². The van der Waals surface area contributed by atoms with Crippen molar-refractivity contribution >= 4 is 17.5 Å². The second-order valence-corrected chi connectivity index (χ2v) is 14.8. The number of Topliss-reactive ketones (excluding diaryl/α,β-unsaturated/α-hetero) is 2. The zero-order valence-corrected chi connectivity index (χ0v) is 26.6. The first kappa shape index (κ1) is 31.3. The van der Waals surface area contributed by atoms with Gasteiger partial charge in [-0.2, -0.15) is 0 Å². The fraction of sp³-hybridized carbons (Fsp3) is 0.912. The number of hydrogen-bond donors (Lipinski definition) is 0. The third-order valence-electron chi connectivity index (χ3n) is 12.6. The summed E-state index contributed by atoms with van der Waals surface area (Å²) in [6.07, 6.45) is 9.02. The summed E-state index contributed by atoms with van der Waals surface area (Å²) in [5.74, 6) is 1.85. The van der Waals surface area contributed by atoms with Gasteiger partial charge >= 0.3 is 5.97 Å². The first-order valence-electron chi connectivity index (χ1n) is 15.9. The smallest absolute Gasteiger partial charge is 0.312 e. The second kappa shape index (κ2) is 10.7. The molecule has 0 spiro atoms. The van der Waals surface area contributed by atoms with Crippen LogP contribution in [0.25, 0.3) is 0 Å². The molecule has 0 aromatic carbocycles. The van der Waals surface area contributed by atoms with E-state index in [1.165, 1.54) is 7.11 Å². The lowest BCUT2D eigenvalue weighted by atomic mass is 9.35. The minimum absolute atomic E-state index is 0.0212. The molecule has 0 heterocycles. The van der Waals surface area contributed by atoms with Gasteiger partial charge in [0.05, 0.1) is 12.5 Å². The predicted molar refractivity (Wildman–Crippen MR) is 155 cm³/mol. The molecular weight excluding hydrogens is 472 g/mol. The summed E-state index contributed by atoms with van der Waals surface area (Å²) in [5, 5.41) is 0. The summed E-state index contributed by atoms with van der Waals surface area (Å²) in [4.78, 5) is 40.3. The Balaban J connectivity index is 0.000000956. The van der Waals surface area contributed by atoms with Crippen LogP contribution < -0.4 is 0 Å². The van der Waals surface area contributed by atoms with E-state index in [0.29, 0.717) is 42.2 Å². The van der Waals surface area contributed by atoms with Crippen molar-refractivity contribution in [2.45, 2.75) is 133 Å². The summed E-state index contributed by atoms with van der Waals surface area (Å²) in [6, 6.07) is 0. The molecule has 218 valence electrons. The molecule has 0 amide bonds. The Morgan fingerprint density at radius 1 is 0.763 bits per heavy atom. The van der Waals surface area contributed by atoms with Crippen LogP contribution >= 0.6 is 0 Å². The van der Waals surface area contributed by atoms with Gasteiger partial charge in [-0.15, -0.1) is 0 Å². The highest BCUT2D eigenvalue weighted by molar-refractivity contribution is 5.87. The van der Waals surface area contributed by atoms with Crippen LogP contribution in [0.4, 0.5) is 0 Å². The number of esters is 1. The Morgan fingerprint density at radius 3 is 2.00 bits per heavy atom. The topological polar surface area (TPSA) is 60.4 Å². The van der Waals surface area contributed by atoms with Crippen LogP contribution in [0.5, 0.6) is 0 Å². The summed E-state index contributed by atoms with van der Waals surface area (Å²) >= 11 is 0. The van der Waals surface area contributed by atoms with Gasteiger partial charge in [0.1, 0.15) is 11.6 Å². The van der Waals surface area contributed by atoms with Gasteiger partial charge in [-0.3, -0.25) is 14.4 Å². The largest absolute Gasteiger partial charge is 0.469 e. The van der Waals surface area contributed by atoms with Crippen LogP contribution in [0.3, 0.4) is 0 Å². The lowest BCUT2D eigenvalue weighted by Crippen LogP contribution is -2.66. The average Bonchev–Trinajstić information content (AvgIpc) is 2.89. The molecule has 5 aliphatic rings. The minimum atomic E-state index is -0.482. The monoisotopic (exact) mass is 530 g/mol. The molecule has 4 nitrogen and oxygen atoms in total. The first-order valence-corrected chi connectivity index (χ1v) is 15.9. The van der Waals surface area contributed by atoms with Gasteiger partial charge in [0.2, 0.25) is 0 Å². The maximum Gasteiger partial charge on any atom is 0.312 e. The quantitative estimate of drug-likeness (QED) is 0.319. The van der Waals surface area contributed by atoms with E-state index >= 15 is 0 Å². The fourth-order valence-corrected chi connectivity index (χ4v) is 10.7. The first-order chi connectivity index (χ1) is 17.7. The van der Waals surface area contributed by atoms with Crippen molar-refractivity contribution in [2.75, 3.05) is 7.11 Å². The van der Waals surface area contributed by atoms with Crippen molar-refractivity contribution in [3.63, 3.8) is 0 Å². The van der Waals surface area contributed by atoms with E-state index in [1.807, 2.05) is 27.7 Å². The van der Waals surface area contributed by atoms with Crippen LogP contribution in [-0.2, 0) is 19.1 Å². The van der Waals surface area contributed by atoms with Crippen molar-refractivity contribution in [3.8, 4) is 0 Å². The van der Waals surface area contributed by atoms with Gasteiger partial charge in [0, 0.05) is 24.2 Å². The molecular formula is C34H58O4. The number of ether oxygens (including phenoxy) is 1. The van der Waals surface area contributed by atoms with E-state index in [-0.39, 0.29) is 39.5 Å². The summed E-state index contributed by atoms with van der Waals surface area (Å²) in [6.45, 7) is 21.8. The van der Waals surface area contributed by atoms with Gasteiger partial charge in [-0.1, -0.05) is 69.2 Å². The molecule has 5 fully saturated rings. The van der Waals surface area contributed by atoms with E-state index in [0.717, 1.165) is 51.4 Å². The van der Waals surface area contributed by atoms with Gasteiger partial charge in [-0.05, 0) is 91.3 Å². The Labute approximate surface area is 233 Å². The second-order valence-electron chi connectivity index (χ2n) is 14.8. The molecule has 8 atom stereocenters. The molecule has 0 aromatic heterocycles. The van der Waals surface area contributed by atoms with Crippen molar-refractivity contribution in [3.05, 3.63) is 0 Å². The van der Waals surface area contributed by atoms with E-state index in [9.17, 15) is 14.4 Å². The zero-order chi connectivity index (χ0) is 28.9. The molecule has 5 rings (SSSR count). The highest BCUT2D eigenvalue weighted by atomic mass is 16.5. The molecule has 0 saturated heterocycles. The average molecular weight is 531 g/mol. The van der Waals surface area contributed by atoms with Crippen LogP contribution in [0.2, 0.25) is 0 Å². The van der Waals surface area contributed by atoms with Gasteiger partial charge in [0.25, 0.3) is 0 Å². The van der Waals surface area contributed by atoms with Crippen LogP contribution in [0.15, 0.2) is 0 Å². The highest BCUT2D eigenvalue weighted by Crippen LogP contribution is 2.72. The number of methoxy groups -OCH3 is 1. The van der Waals surface area contributed by atoms with Crippen molar-refractivity contribution in [1.82, 2.24) is 0 Å². The maximum absolute atomic E-state index is 14.2. The molecule has 0 N–H and O–H groups in total.